The molecule has 31 heavy (non-hydrogen) atoms. The molecule has 0 saturated carbocycles. The molecule has 0 fully saturated rings. The third kappa shape index (κ3) is 5.07. The number of carbonyl (C=O) groups excluding carboxylic acids is 2. The summed E-state index contributed by atoms with van der Waals surface area (Å²) >= 11 is 1.21. The molecule has 2 N–H and O–H groups in total. The number of rotatable bonds is 6. The Balaban J connectivity index is 1.45. The number of hydrogen-bond acceptors (Lipinski definition) is 5. The Morgan fingerprint density at radius 3 is 2.55 bits per heavy atom. The molecule has 4 aromatic rings. The zero-order valence-electron chi connectivity index (χ0n) is 16.5. The van der Waals surface area contributed by atoms with Crippen LogP contribution in [0.25, 0.3) is 5.65 Å². The van der Waals surface area contributed by atoms with Gasteiger partial charge in [-0.2, -0.15) is 0 Å². The van der Waals surface area contributed by atoms with Crippen LogP contribution >= 0.6 is 11.8 Å². The van der Waals surface area contributed by atoms with Crippen LogP contribution < -0.4 is 10.6 Å². The minimum atomic E-state index is -0.435. The molecule has 0 spiro atoms. The van der Waals surface area contributed by atoms with Crippen LogP contribution in [0.2, 0.25) is 0 Å². The van der Waals surface area contributed by atoms with E-state index in [0.717, 1.165) is 11.3 Å². The van der Waals surface area contributed by atoms with E-state index < -0.39 is 11.7 Å². The molecule has 0 aliphatic heterocycles. The van der Waals surface area contributed by atoms with Crippen molar-refractivity contribution in [2.24, 2.45) is 0 Å². The van der Waals surface area contributed by atoms with Crippen LogP contribution in [0, 0.1) is 12.7 Å². The molecule has 0 atom stereocenters. The lowest BCUT2D eigenvalue weighted by molar-refractivity contribution is -0.113. The summed E-state index contributed by atoms with van der Waals surface area (Å²) < 4.78 is 15.0. The summed E-state index contributed by atoms with van der Waals surface area (Å²) in [4.78, 5) is 24.8. The molecule has 0 aliphatic rings. The van der Waals surface area contributed by atoms with E-state index in [-0.39, 0.29) is 11.7 Å². The molecule has 9 heteroatoms. The lowest BCUT2D eigenvalue weighted by atomic mass is 10.2. The van der Waals surface area contributed by atoms with Crippen molar-refractivity contribution in [1.29, 1.82) is 0 Å². The summed E-state index contributed by atoms with van der Waals surface area (Å²) in [5.74, 6) is -0.870. The SMILES string of the molecule is Cc1cccc(NC(=O)CSc2nnc3ccc(C(=O)Nc4cccc(F)c4)cn23)c1. The highest BCUT2D eigenvalue weighted by atomic mass is 32.2. The second kappa shape index (κ2) is 8.97. The minimum Gasteiger partial charge on any atom is -0.325 e. The summed E-state index contributed by atoms with van der Waals surface area (Å²) in [5, 5.41) is 14.1. The maximum Gasteiger partial charge on any atom is 0.257 e. The number of nitrogens with zero attached hydrogens (tertiary/aromatic N) is 3. The van der Waals surface area contributed by atoms with E-state index in [1.807, 2.05) is 31.2 Å². The van der Waals surface area contributed by atoms with Gasteiger partial charge >= 0.3 is 0 Å². The summed E-state index contributed by atoms with van der Waals surface area (Å²) in [7, 11) is 0. The lowest BCUT2D eigenvalue weighted by Crippen LogP contribution is -2.14. The third-order valence-electron chi connectivity index (χ3n) is 4.35. The van der Waals surface area contributed by atoms with Gasteiger partial charge in [-0.25, -0.2) is 4.39 Å². The van der Waals surface area contributed by atoms with Gasteiger partial charge in [0.05, 0.1) is 11.3 Å². The van der Waals surface area contributed by atoms with Crippen molar-refractivity contribution in [3.63, 3.8) is 0 Å². The maximum absolute atomic E-state index is 13.3. The number of carbonyl (C=O) groups is 2. The van der Waals surface area contributed by atoms with Gasteiger partial charge in [0.1, 0.15) is 5.82 Å². The van der Waals surface area contributed by atoms with Gasteiger partial charge in [-0.3, -0.25) is 14.0 Å². The molecule has 2 aromatic heterocycles. The fraction of sp³-hybridized carbons (Fsp3) is 0.0909. The van der Waals surface area contributed by atoms with Crippen LogP contribution in [0.15, 0.2) is 72.0 Å². The highest BCUT2D eigenvalue weighted by Crippen LogP contribution is 2.19. The monoisotopic (exact) mass is 435 g/mol. The van der Waals surface area contributed by atoms with E-state index in [1.54, 1.807) is 28.8 Å². The average molecular weight is 435 g/mol. The van der Waals surface area contributed by atoms with Gasteiger partial charge in [0.25, 0.3) is 5.91 Å². The van der Waals surface area contributed by atoms with Gasteiger partial charge in [-0.05, 0) is 55.0 Å². The number of hydrogen-bond donors (Lipinski definition) is 2. The number of fused-ring (bicyclic) bond motifs is 1. The first kappa shape index (κ1) is 20.5. The first-order valence-corrected chi connectivity index (χ1v) is 10.4. The molecule has 0 unspecified atom stereocenters. The smallest absolute Gasteiger partial charge is 0.257 e. The molecule has 2 heterocycles. The normalized spacial score (nSPS) is 10.8. The molecule has 0 bridgehead atoms. The first-order chi connectivity index (χ1) is 15.0. The van der Waals surface area contributed by atoms with Crippen molar-refractivity contribution in [3.05, 3.63) is 83.8 Å². The van der Waals surface area contributed by atoms with Gasteiger partial charge in [0.15, 0.2) is 10.8 Å². The second-order valence-electron chi connectivity index (χ2n) is 6.80. The van der Waals surface area contributed by atoms with Crippen LogP contribution in [-0.4, -0.2) is 32.2 Å². The summed E-state index contributed by atoms with van der Waals surface area (Å²) in [6, 6.07) is 16.5. The second-order valence-corrected chi connectivity index (χ2v) is 7.74. The van der Waals surface area contributed by atoms with Crippen molar-refractivity contribution in [3.8, 4) is 0 Å². The predicted molar refractivity (Wildman–Crippen MR) is 118 cm³/mol. The number of thioether (sulfide) groups is 1. The zero-order valence-corrected chi connectivity index (χ0v) is 17.3. The van der Waals surface area contributed by atoms with E-state index in [9.17, 15) is 14.0 Å². The van der Waals surface area contributed by atoms with E-state index in [0.29, 0.717) is 22.1 Å². The molecule has 2 amide bonds. The van der Waals surface area contributed by atoms with Crippen LogP contribution in [0.5, 0.6) is 0 Å². The van der Waals surface area contributed by atoms with Gasteiger partial charge in [-0.1, -0.05) is 30.0 Å². The van der Waals surface area contributed by atoms with Crippen molar-refractivity contribution in [2.75, 3.05) is 16.4 Å². The molecule has 4 rings (SSSR count). The number of pyridine rings is 1. The van der Waals surface area contributed by atoms with Crippen molar-refractivity contribution in [1.82, 2.24) is 14.6 Å². The number of amides is 2. The number of anilines is 2. The average Bonchev–Trinajstić information content (AvgIpc) is 3.14. The van der Waals surface area contributed by atoms with E-state index >= 15 is 0 Å². The van der Waals surface area contributed by atoms with Crippen LogP contribution in [0.3, 0.4) is 0 Å². The number of aryl methyl sites for hydroxylation is 1. The van der Waals surface area contributed by atoms with Gasteiger partial charge in [0, 0.05) is 17.6 Å². The van der Waals surface area contributed by atoms with Crippen molar-refractivity contribution < 1.29 is 14.0 Å². The Morgan fingerprint density at radius 1 is 1.00 bits per heavy atom. The number of benzene rings is 2. The van der Waals surface area contributed by atoms with E-state index in [2.05, 4.69) is 20.8 Å². The number of nitrogens with one attached hydrogen (secondary N) is 2. The number of aromatic nitrogens is 3. The fourth-order valence-corrected chi connectivity index (χ4v) is 3.64. The Kier molecular flexibility index (Phi) is 5.94. The fourth-order valence-electron chi connectivity index (χ4n) is 2.92. The van der Waals surface area contributed by atoms with E-state index in [1.165, 1.54) is 30.0 Å². The van der Waals surface area contributed by atoms with Crippen LogP contribution in [0.1, 0.15) is 15.9 Å². The van der Waals surface area contributed by atoms with Crippen molar-refractivity contribution >= 4 is 40.6 Å². The minimum absolute atomic E-state index is 0.133. The van der Waals surface area contributed by atoms with Crippen molar-refractivity contribution in [2.45, 2.75) is 12.1 Å². The molecule has 0 saturated heterocycles. The highest BCUT2D eigenvalue weighted by molar-refractivity contribution is 7.99. The standard InChI is InChI=1S/C22H18FN5O2S/c1-14-4-2-6-17(10-14)24-20(29)13-31-22-27-26-19-9-8-15(12-28(19)22)21(30)25-18-7-3-5-16(23)11-18/h2-12H,13H2,1H3,(H,24,29)(H,25,30). The van der Waals surface area contributed by atoms with Gasteiger partial charge in [0.2, 0.25) is 5.91 Å². The quantitative estimate of drug-likeness (QED) is 0.444. The molecule has 7 nitrogen and oxygen atoms in total. The summed E-state index contributed by atoms with van der Waals surface area (Å²) in [5.41, 5.74) is 3.04. The Labute approximate surface area is 181 Å². The summed E-state index contributed by atoms with van der Waals surface area (Å²) in [6.07, 6.45) is 1.59. The molecular weight excluding hydrogens is 417 g/mol. The Bertz CT molecular complexity index is 1270. The molecule has 0 aliphatic carbocycles. The van der Waals surface area contributed by atoms with Gasteiger partial charge < -0.3 is 10.6 Å². The Morgan fingerprint density at radius 2 is 1.77 bits per heavy atom. The number of halogens is 1. The summed E-state index contributed by atoms with van der Waals surface area (Å²) in [6.45, 7) is 1.95. The highest BCUT2D eigenvalue weighted by Gasteiger charge is 2.13. The van der Waals surface area contributed by atoms with Crippen LogP contribution in [0.4, 0.5) is 15.8 Å². The predicted octanol–water partition coefficient (Wildman–Crippen LogP) is 4.16. The molecular formula is C22H18FN5O2S. The molecule has 156 valence electrons. The van der Waals surface area contributed by atoms with E-state index in [4.69, 9.17) is 0 Å². The lowest BCUT2D eigenvalue weighted by Gasteiger charge is -2.07. The Hall–Kier alpha value is -3.72. The third-order valence-corrected chi connectivity index (χ3v) is 5.29. The topological polar surface area (TPSA) is 88.4 Å². The van der Waals surface area contributed by atoms with Gasteiger partial charge in [-0.15, -0.1) is 10.2 Å². The molecule has 2 aromatic carbocycles. The maximum atomic E-state index is 13.3. The largest absolute Gasteiger partial charge is 0.325 e. The van der Waals surface area contributed by atoms with Crippen LogP contribution in [-0.2, 0) is 4.79 Å². The zero-order chi connectivity index (χ0) is 21.8. The first-order valence-electron chi connectivity index (χ1n) is 9.39. The molecule has 0 radical (unpaired) electrons.